The average Bonchev–Trinajstić information content (AvgIpc) is 2.87. The summed E-state index contributed by atoms with van der Waals surface area (Å²) in [6.45, 7) is 4.57. The largest absolute Gasteiger partial charge is 0.339 e. The summed E-state index contributed by atoms with van der Waals surface area (Å²) in [6, 6.07) is 10.1. The highest BCUT2D eigenvalue weighted by Gasteiger charge is 2.18. The van der Waals surface area contributed by atoms with Crippen molar-refractivity contribution in [3.8, 4) is 0 Å². The second-order valence-electron chi connectivity index (χ2n) is 4.26. The fourth-order valence-electron chi connectivity index (χ4n) is 1.61. The Morgan fingerprint density at radius 3 is 2.59 bits per heavy atom. The first kappa shape index (κ1) is 11.8. The van der Waals surface area contributed by atoms with Crippen molar-refractivity contribution < 1.29 is 4.52 Å². The summed E-state index contributed by atoms with van der Waals surface area (Å²) in [7, 11) is 0. The van der Waals surface area contributed by atoms with Crippen LogP contribution in [0, 0.1) is 0 Å². The molecule has 1 heterocycles. The van der Waals surface area contributed by atoms with Crippen molar-refractivity contribution in [3.63, 3.8) is 0 Å². The Balaban J connectivity index is 2.20. The molecule has 2 rings (SSSR count). The van der Waals surface area contributed by atoms with E-state index in [1.165, 1.54) is 5.56 Å². The van der Waals surface area contributed by atoms with Crippen LogP contribution in [0.1, 0.15) is 43.0 Å². The lowest BCUT2D eigenvalue weighted by Crippen LogP contribution is -2.10. The first-order valence-electron chi connectivity index (χ1n) is 5.81. The van der Waals surface area contributed by atoms with Crippen molar-refractivity contribution in [2.45, 2.75) is 25.7 Å². The molecule has 0 aliphatic heterocycles. The van der Waals surface area contributed by atoms with E-state index < -0.39 is 0 Å². The van der Waals surface area contributed by atoms with Crippen molar-refractivity contribution in [1.29, 1.82) is 0 Å². The van der Waals surface area contributed by atoms with Crippen molar-refractivity contribution in [2.24, 2.45) is 5.73 Å². The molecule has 4 nitrogen and oxygen atoms in total. The normalized spacial score (nSPS) is 14.5. The molecule has 1 aromatic heterocycles. The van der Waals surface area contributed by atoms with E-state index in [2.05, 4.69) is 29.2 Å². The molecule has 4 heteroatoms. The Labute approximate surface area is 101 Å². The van der Waals surface area contributed by atoms with Crippen LogP contribution in [0.15, 0.2) is 34.9 Å². The van der Waals surface area contributed by atoms with E-state index in [-0.39, 0.29) is 11.8 Å². The second kappa shape index (κ2) is 5.10. The van der Waals surface area contributed by atoms with Gasteiger partial charge in [0.15, 0.2) is 5.82 Å². The lowest BCUT2D eigenvalue weighted by molar-refractivity contribution is 0.363. The van der Waals surface area contributed by atoms with Gasteiger partial charge in [-0.3, -0.25) is 0 Å². The van der Waals surface area contributed by atoms with E-state index in [0.29, 0.717) is 18.3 Å². The molecule has 2 aromatic rings. The molecule has 0 aliphatic rings. The van der Waals surface area contributed by atoms with E-state index in [1.807, 2.05) is 25.1 Å². The average molecular weight is 231 g/mol. The highest BCUT2D eigenvalue weighted by molar-refractivity contribution is 5.23. The van der Waals surface area contributed by atoms with Crippen LogP contribution in [-0.4, -0.2) is 16.7 Å². The van der Waals surface area contributed by atoms with Gasteiger partial charge >= 0.3 is 0 Å². The van der Waals surface area contributed by atoms with Gasteiger partial charge in [0, 0.05) is 12.5 Å². The van der Waals surface area contributed by atoms with Crippen LogP contribution in [-0.2, 0) is 0 Å². The van der Waals surface area contributed by atoms with E-state index in [9.17, 15) is 0 Å². The molecule has 0 aliphatic carbocycles. The monoisotopic (exact) mass is 231 g/mol. The Kier molecular flexibility index (Phi) is 3.54. The van der Waals surface area contributed by atoms with E-state index in [4.69, 9.17) is 10.3 Å². The summed E-state index contributed by atoms with van der Waals surface area (Å²) >= 11 is 0. The molecular weight excluding hydrogens is 214 g/mol. The zero-order valence-corrected chi connectivity index (χ0v) is 10.1. The Morgan fingerprint density at radius 2 is 1.94 bits per heavy atom. The lowest BCUT2D eigenvalue weighted by Gasteiger charge is -2.05. The maximum atomic E-state index is 5.58. The fraction of sp³-hybridized carbons (Fsp3) is 0.385. The first-order chi connectivity index (χ1) is 8.22. The van der Waals surface area contributed by atoms with Gasteiger partial charge in [-0.05, 0) is 12.5 Å². The molecule has 0 spiro atoms. The SMILES string of the molecule is CC(CN)c1noc(C(C)c2ccccc2)n1. The zero-order valence-electron chi connectivity index (χ0n) is 10.1. The van der Waals surface area contributed by atoms with Crippen molar-refractivity contribution >= 4 is 0 Å². The molecule has 1 aromatic carbocycles. The molecule has 0 saturated heterocycles. The Morgan fingerprint density at radius 1 is 1.24 bits per heavy atom. The van der Waals surface area contributed by atoms with Crippen LogP contribution < -0.4 is 5.73 Å². The van der Waals surface area contributed by atoms with Gasteiger partial charge in [0.2, 0.25) is 5.89 Å². The summed E-state index contributed by atoms with van der Waals surface area (Å²) in [6.07, 6.45) is 0. The van der Waals surface area contributed by atoms with Gasteiger partial charge in [0.25, 0.3) is 0 Å². The number of hydrogen-bond donors (Lipinski definition) is 1. The fourth-order valence-corrected chi connectivity index (χ4v) is 1.61. The summed E-state index contributed by atoms with van der Waals surface area (Å²) in [4.78, 5) is 4.40. The number of rotatable bonds is 4. The van der Waals surface area contributed by atoms with Gasteiger partial charge in [0.05, 0.1) is 5.92 Å². The van der Waals surface area contributed by atoms with E-state index in [0.717, 1.165) is 0 Å². The third-order valence-electron chi connectivity index (χ3n) is 2.92. The third-order valence-corrected chi connectivity index (χ3v) is 2.92. The third kappa shape index (κ3) is 2.53. The molecule has 2 unspecified atom stereocenters. The number of nitrogens with two attached hydrogens (primary N) is 1. The maximum absolute atomic E-state index is 5.58. The van der Waals surface area contributed by atoms with Crippen LogP contribution >= 0.6 is 0 Å². The quantitative estimate of drug-likeness (QED) is 0.876. The van der Waals surface area contributed by atoms with Gasteiger partial charge in [-0.1, -0.05) is 42.4 Å². The molecule has 0 bridgehead atoms. The molecule has 0 radical (unpaired) electrons. The highest BCUT2D eigenvalue weighted by atomic mass is 16.5. The minimum atomic E-state index is 0.113. The van der Waals surface area contributed by atoms with Crippen LogP contribution in [0.3, 0.4) is 0 Å². The van der Waals surface area contributed by atoms with Crippen LogP contribution in [0.2, 0.25) is 0 Å². The van der Waals surface area contributed by atoms with Crippen LogP contribution in [0.4, 0.5) is 0 Å². The van der Waals surface area contributed by atoms with Gasteiger partial charge < -0.3 is 10.3 Å². The smallest absolute Gasteiger partial charge is 0.233 e. The number of hydrogen-bond acceptors (Lipinski definition) is 4. The summed E-state index contributed by atoms with van der Waals surface area (Å²) in [5, 5.41) is 3.97. The summed E-state index contributed by atoms with van der Waals surface area (Å²) in [5.41, 5.74) is 6.75. The van der Waals surface area contributed by atoms with E-state index >= 15 is 0 Å². The zero-order chi connectivity index (χ0) is 12.3. The minimum Gasteiger partial charge on any atom is -0.339 e. The number of benzene rings is 1. The van der Waals surface area contributed by atoms with Gasteiger partial charge in [-0.25, -0.2) is 0 Å². The van der Waals surface area contributed by atoms with E-state index in [1.54, 1.807) is 0 Å². The number of aromatic nitrogens is 2. The predicted octanol–water partition coefficient (Wildman–Crippen LogP) is 2.28. The Hall–Kier alpha value is -1.68. The van der Waals surface area contributed by atoms with Crippen molar-refractivity contribution in [1.82, 2.24) is 10.1 Å². The molecule has 17 heavy (non-hydrogen) atoms. The van der Waals surface area contributed by atoms with Crippen LogP contribution in [0.25, 0.3) is 0 Å². The standard InChI is InChI=1S/C13H17N3O/c1-9(8-14)12-15-13(17-16-12)10(2)11-6-4-3-5-7-11/h3-7,9-10H,8,14H2,1-2H3. The highest BCUT2D eigenvalue weighted by Crippen LogP contribution is 2.23. The summed E-state index contributed by atoms with van der Waals surface area (Å²) < 4.78 is 5.29. The predicted molar refractivity (Wildman–Crippen MR) is 65.7 cm³/mol. The molecule has 0 fully saturated rings. The maximum Gasteiger partial charge on any atom is 0.233 e. The number of nitrogens with zero attached hydrogens (tertiary/aromatic N) is 2. The molecule has 2 N–H and O–H groups in total. The lowest BCUT2D eigenvalue weighted by atomic mass is 10.0. The molecule has 0 amide bonds. The first-order valence-corrected chi connectivity index (χ1v) is 5.81. The molecule has 90 valence electrons. The molecular formula is C13H17N3O. The van der Waals surface area contributed by atoms with Crippen molar-refractivity contribution in [2.75, 3.05) is 6.54 Å². The Bertz CT molecular complexity index is 467. The minimum absolute atomic E-state index is 0.113. The van der Waals surface area contributed by atoms with Gasteiger partial charge in [-0.2, -0.15) is 4.98 Å². The second-order valence-corrected chi connectivity index (χ2v) is 4.26. The van der Waals surface area contributed by atoms with Crippen LogP contribution in [0.5, 0.6) is 0 Å². The topological polar surface area (TPSA) is 64.9 Å². The van der Waals surface area contributed by atoms with Gasteiger partial charge in [-0.15, -0.1) is 0 Å². The molecule has 0 saturated carbocycles. The van der Waals surface area contributed by atoms with Gasteiger partial charge in [0.1, 0.15) is 0 Å². The molecule has 2 atom stereocenters. The van der Waals surface area contributed by atoms with Crippen molar-refractivity contribution in [3.05, 3.63) is 47.6 Å². The summed E-state index contributed by atoms with van der Waals surface area (Å²) in [5.74, 6) is 1.58.